The van der Waals surface area contributed by atoms with Crippen molar-refractivity contribution in [2.75, 3.05) is 0 Å². The highest BCUT2D eigenvalue weighted by Crippen LogP contribution is 2.39. The lowest BCUT2D eigenvalue weighted by Crippen LogP contribution is -2.54. The highest BCUT2D eigenvalue weighted by atomic mass is 32.2. The van der Waals surface area contributed by atoms with Crippen LogP contribution in [0.5, 0.6) is 0 Å². The lowest BCUT2D eigenvalue weighted by molar-refractivity contribution is -0.126. The van der Waals surface area contributed by atoms with Crippen LogP contribution in [-0.4, -0.2) is 34.7 Å². The van der Waals surface area contributed by atoms with E-state index in [0.29, 0.717) is 25.7 Å². The summed E-state index contributed by atoms with van der Waals surface area (Å²) >= 11 is 1.59. The number of nitrogens with two attached hydrogens (primary N) is 1. The molecule has 1 unspecified atom stereocenters. The molecule has 3 aliphatic rings. The number of thioether (sulfide) groups is 1. The smallest absolute Gasteiger partial charge is 0.313 e. The lowest BCUT2D eigenvalue weighted by atomic mass is 10.0. The quantitative estimate of drug-likeness (QED) is 0.572. The Morgan fingerprint density at radius 1 is 0.935 bits per heavy atom. The molecule has 2 aliphatic carbocycles. The van der Waals surface area contributed by atoms with Crippen molar-refractivity contribution in [2.24, 2.45) is 5.73 Å². The summed E-state index contributed by atoms with van der Waals surface area (Å²) in [4.78, 5) is 38.5. The van der Waals surface area contributed by atoms with Gasteiger partial charge in [0.15, 0.2) is 0 Å². The fourth-order valence-electron chi connectivity index (χ4n) is 4.56. The van der Waals surface area contributed by atoms with Gasteiger partial charge in [0.2, 0.25) is 11.8 Å². The molecule has 160 valence electrons. The molecule has 1 saturated carbocycles. The maximum atomic E-state index is 13.1. The first-order chi connectivity index (χ1) is 14.9. The molecular formula is C23H24N4O3S. The fourth-order valence-corrected chi connectivity index (χ4v) is 5.77. The Balaban J connectivity index is 1.31. The molecule has 0 aromatic heterocycles. The number of carbonyl (C=O) groups is 3. The molecule has 0 bridgehead atoms. The molecule has 3 atom stereocenters. The van der Waals surface area contributed by atoms with Gasteiger partial charge in [-0.1, -0.05) is 42.5 Å². The predicted molar refractivity (Wildman–Crippen MR) is 117 cm³/mol. The SMILES string of the molecule is NC(=O)NC1(C(=O)N[C@@H]2c3ccccc3C[C@H]2NC(=O)C2Cc3ccccc3S2)CC1. The van der Waals surface area contributed by atoms with E-state index in [4.69, 9.17) is 5.73 Å². The second-order valence-electron chi connectivity index (χ2n) is 8.46. The number of nitrogens with one attached hydrogen (secondary N) is 3. The van der Waals surface area contributed by atoms with Gasteiger partial charge in [0.05, 0.1) is 17.3 Å². The molecule has 0 spiro atoms. The minimum Gasteiger partial charge on any atom is -0.352 e. The molecule has 0 radical (unpaired) electrons. The molecule has 7 nitrogen and oxygen atoms in total. The van der Waals surface area contributed by atoms with Crippen LogP contribution in [0.3, 0.4) is 0 Å². The van der Waals surface area contributed by atoms with Crippen LogP contribution in [0.1, 0.15) is 35.6 Å². The Morgan fingerprint density at radius 2 is 1.65 bits per heavy atom. The minimum atomic E-state index is -0.930. The maximum Gasteiger partial charge on any atom is 0.313 e. The van der Waals surface area contributed by atoms with Gasteiger partial charge in [0, 0.05) is 4.90 Å². The second kappa shape index (κ2) is 7.60. The third-order valence-electron chi connectivity index (χ3n) is 6.33. The van der Waals surface area contributed by atoms with Crippen molar-refractivity contribution in [3.8, 4) is 0 Å². The third-order valence-corrected chi connectivity index (χ3v) is 7.65. The van der Waals surface area contributed by atoms with Crippen molar-refractivity contribution in [3.63, 3.8) is 0 Å². The summed E-state index contributed by atoms with van der Waals surface area (Å²) in [6.45, 7) is 0. The minimum absolute atomic E-state index is 0.0188. The van der Waals surface area contributed by atoms with Gasteiger partial charge in [0.25, 0.3) is 0 Å². The number of carbonyl (C=O) groups excluding carboxylic acids is 3. The van der Waals surface area contributed by atoms with Gasteiger partial charge in [0.1, 0.15) is 5.54 Å². The maximum absolute atomic E-state index is 13.1. The molecule has 1 fully saturated rings. The van der Waals surface area contributed by atoms with Crippen LogP contribution in [-0.2, 0) is 22.4 Å². The van der Waals surface area contributed by atoms with Crippen LogP contribution >= 0.6 is 11.8 Å². The standard InChI is InChI=1S/C23H24N4O3S/c24-22(30)27-23(9-10-23)21(29)26-19-15-7-3-1-5-13(15)11-16(19)25-20(28)18-12-14-6-2-4-8-17(14)31-18/h1-8,16,18-19H,9-12H2,(H,25,28)(H,26,29)(H3,24,27,30)/t16-,18?,19-/m1/s1. The first kappa shape index (κ1) is 19.9. The molecule has 5 rings (SSSR count). The zero-order valence-corrected chi connectivity index (χ0v) is 17.7. The first-order valence-corrected chi connectivity index (χ1v) is 11.3. The molecule has 8 heteroatoms. The zero-order valence-electron chi connectivity index (χ0n) is 16.9. The first-order valence-electron chi connectivity index (χ1n) is 10.5. The number of benzene rings is 2. The van der Waals surface area contributed by atoms with E-state index < -0.39 is 11.6 Å². The number of hydrogen-bond donors (Lipinski definition) is 4. The van der Waals surface area contributed by atoms with Crippen LogP contribution in [0, 0.1) is 0 Å². The average Bonchev–Trinajstić information content (AvgIpc) is 3.26. The van der Waals surface area contributed by atoms with Gasteiger partial charge in [-0.2, -0.15) is 0 Å². The van der Waals surface area contributed by atoms with Crippen molar-refractivity contribution in [1.29, 1.82) is 0 Å². The van der Waals surface area contributed by atoms with Crippen molar-refractivity contribution in [1.82, 2.24) is 16.0 Å². The molecular weight excluding hydrogens is 412 g/mol. The average molecular weight is 437 g/mol. The van der Waals surface area contributed by atoms with Gasteiger partial charge in [-0.25, -0.2) is 4.79 Å². The number of urea groups is 1. The summed E-state index contributed by atoms with van der Waals surface area (Å²) < 4.78 is 0. The van der Waals surface area contributed by atoms with E-state index >= 15 is 0 Å². The number of primary amides is 1. The Kier molecular flexibility index (Phi) is 4.89. The molecule has 31 heavy (non-hydrogen) atoms. The van der Waals surface area contributed by atoms with E-state index in [9.17, 15) is 14.4 Å². The van der Waals surface area contributed by atoms with Crippen molar-refractivity contribution < 1.29 is 14.4 Å². The summed E-state index contributed by atoms with van der Waals surface area (Å²) in [5, 5.41) is 8.66. The van der Waals surface area contributed by atoms with E-state index in [0.717, 1.165) is 16.0 Å². The largest absolute Gasteiger partial charge is 0.352 e. The molecule has 2 aromatic carbocycles. The zero-order chi connectivity index (χ0) is 21.6. The fraction of sp³-hybridized carbons (Fsp3) is 0.348. The van der Waals surface area contributed by atoms with E-state index in [2.05, 4.69) is 22.0 Å². The lowest BCUT2D eigenvalue weighted by Gasteiger charge is -2.26. The molecule has 1 heterocycles. The van der Waals surface area contributed by atoms with E-state index in [-0.39, 0.29) is 29.1 Å². The van der Waals surface area contributed by atoms with Crippen LogP contribution in [0.15, 0.2) is 53.4 Å². The second-order valence-corrected chi connectivity index (χ2v) is 9.70. The normalized spacial score (nSPS) is 24.6. The number of fused-ring (bicyclic) bond motifs is 2. The number of hydrogen-bond acceptors (Lipinski definition) is 4. The van der Waals surface area contributed by atoms with Gasteiger partial charge in [-0.15, -0.1) is 11.8 Å². The Morgan fingerprint density at radius 3 is 2.35 bits per heavy atom. The van der Waals surface area contributed by atoms with Crippen molar-refractivity contribution in [2.45, 2.75) is 53.5 Å². The van der Waals surface area contributed by atoms with E-state index in [1.165, 1.54) is 5.56 Å². The molecule has 4 amide bonds. The highest BCUT2D eigenvalue weighted by molar-refractivity contribution is 8.01. The van der Waals surface area contributed by atoms with Crippen LogP contribution in [0.2, 0.25) is 0 Å². The summed E-state index contributed by atoms with van der Waals surface area (Å²) in [5.41, 5.74) is 7.62. The van der Waals surface area contributed by atoms with Crippen molar-refractivity contribution in [3.05, 3.63) is 65.2 Å². The van der Waals surface area contributed by atoms with Crippen LogP contribution in [0.25, 0.3) is 0 Å². The van der Waals surface area contributed by atoms with Crippen molar-refractivity contribution >= 4 is 29.6 Å². The summed E-state index contributed by atoms with van der Waals surface area (Å²) in [7, 11) is 0. The van der Waals surface area contributed by atoms with Gasteiger partial charge in [-0.3, -0.25) is 9.59 Å². The predicted octanol–water partition coefficient (Wildman–Crippen LogP) is 1.80. The summed E-state index contributed by atoms with van der Waals surface area (Å²) in [5.74, 6) is -0.274. The Hall–Kier alpha value is -3.00. The van der Waals surface area contributed by atoms with E-state index in [1.54, 1.807) is 11.8 Å². The third kappa shape index (κ3) is 3.76. The molecule has 0 saturated heterocycles. The molecule has 5 N–H and O–H groups in total. The van der Waals surface area contributed by atoms with E-state index in [1.807, 2.05) is 42.5 Å². The number of rotatable bonds is 5. The Bertz CT molecular complexity index is 1040. The van der Waals surface area contributed by atoms with Gasteiger partial charge >= 0.3 is 6.03 Å². The topological polar surface area (TPSA) is 113 Å². The highest BCUT2D eigenvalue weighted by Gasteiger charge is 2.52. The van der Waals surface area contributed by atoms with Crippen LogP contribution < -0.4 is 21.7 Å². The molecule has 2 aromatic rings. The Labute approximate surface area is 184 Å². The summed E-state index contributed by atoms with van der Waals surface area (Å²) in [6.07, 6.45) is 2.47. The number of amides is 4. The van der Waals surface area contributed by atoms with Crippen LogP contribution in [0.4, 0.5) is 4.79 Å². The van der Waals surface area contributed by atoms with Gasteiger partial charge < -0.3 is 21.7 Å². The van der Waals surface area contributed by atoms with Gasteiger partial charge in [-0.05, 0) is 48.4 Å². The monoisotopic (exact) mass is 436 g/mol. The summed E-state index contributed by atoms with van der Waals surface area (Å²) in [6, 6.07) is 14.7. The molecule has 1 aliphatic heterocycles.